The number of nitrogens with zero attached hydrogens (tertiary/aromatic N) is 4. The number of hydrogen-bond acceptors (Lipinski definition) is 5. The molecule has 2 heterocycles. The zero-order valence-corrected chi connectivity index (χ0v) is 31.7. The molecule has 5 heteroatoms. The highest BCUT2D eigenvalue weighted by Crippen LogP contribution is 2.40. The number of rotatable bonds is 6. The maximum atomic E-state index is 9.91. The average molecular weight is 753 g/mol. The van der Waals surface area contributed by atoms with Gasteiger partial charge in [-0.1, -0.05) is 158 Å². The molecule has 0 fully saturated rings. The molecule has 11 aromatic rings. The van der Waals surface area contributed by atoms with Gasteiger partial charge in [-0.2, -0.15) is 5.26 Å². The normalized spacial score (nSPS) is 11.4. The minimum absolute atomic E-state index is 0.532. The van der Waals surface area contributed by atoms with Crippen LogP contribution in [0.5, 0.6) is 0 Å². The van der Waals surface area contributed by atoms with E-state index in [1.54, 1.807) is 0 Å². The van der Waals surface area contributed by atoms with Gasteiger partial charge in [-0.15, -0.1) is 0 Å². The minimum Gasteiger partial charge on any atom is -0.456 e. The summed E-state index contributed by atoms with van der Waals surface area (Å²) in [5.74, 6) is 1.63. The molecule has 59 heavy (non-hydrogen) atoms. The minimum atomic E-state index is 0.532. The Labute approximate surface area is 340 Å². The molecule has 9 aromatic carbocycles. The van der Waals surface area contributed by atoms with Crippen LogP contribution in [0.2, 0.25) is 0 Å². The molecule has 274 valence electrons. The summed E-state index contributed by atoms with van der Waals surface area (Å²) in [6, 6.07) is 68.7. The Morgan fingerprint density at radius 2 is 0.949 bits per heavy atom. The van der Waals surface area contributed by atoms with Crippen molar-refractivity contribution in [1.82, 2.24) is 15.0 Å². The number of hydrogen-bond donors (Lipinski definition) is 0. The Kier molecular flexibility index (Phi) is 8.13. The Hall–Kier alpha value is -8.20. The Balaban J connectivity index is 1.08. The van der Waals surface area contributed by atoms with Crippen molar-refractivity contribution in [2.45, 2.75) is 0 Å². The molecule has 11 rings (SSSR count). The van der Waals surface area contributed by atoms with E-state index in [0.717, 1.165) is 77.0 Å². The molecule has 0 aliphatic rings. The molecule has 0 saturated carbocycles. The number of furan rings is 1. The van der Waals surface area contributed by atoms with E-state index in [1.807, 2.05) is 72.8 Å². The van der Waals surface area contributed by atoms with Crippen LogP contribution >= 0.6 is 0 Å². The molecule has 0 spiro atoms. The molecule has 0 radical (unpaired) electrons. The zero-order valence-electron chi connectivity index (χ0n) is 31.7. The van der Waals surface area contributed by atoms with Gasteiger partial charge in [0.25, 0.3) is 0 Å². The van der Waals surface area contributed by atoms with Gasteiger partial charge in [0.05, 0.1) is 11.6 Å². The molecule has 0 amide bonds. The third kappa shape index (κ3) is 5.99. The summed E-state index contributed by atoms with van der Waals surface area (Å²) in [4.78, 5) is 15.6. The molecule has 2 aromatic heterocycles. The second-order valence-electron chi connectivity index (χ2n) is 14.7. The summed E-state index contributed by atoms with van der Waals surface area (Å²) in [5, 5.41) is 16.5. The summed E-state index contributed by atoms with van der Waals surface area (Å²) >= 11 is 0. The number of fused-ring (bicyclic) bond motifs is 6. The lowest BCUT2D eigenvalue weighted by molar-refractivity contribution is 0.669. The Morgan fingerprint density at radius 1 is 0.356 bits per heavy atom. The summed E-state index contributed by atoms with van der Waals surface area (Å²) in [5.41, 5.74) is 11.1. The van der Waals surface area contributed by atoms with Crippen LogP contribution in [0, 0.1) is 11.3 Å². The van der Waals surface area contributed by atoms with E-state index >= 15 is 0 Å². The van der Waals surface area contributed by atoms with Crippen molar-refractivity contribution in [3.05, 3.63) is 200 Å². The van der Waals surface area contributed by atoms with Crippen molar-refractivity contribution in [1.29, 1.82) is 5.26 Å². The molecular formula is C54H32N4O. The first kappa shape index (κ1) is 34.1. The van der Waals surface area contributed by atoms with Crippen molar-refractivity contribution >= 4 is 43.5 Å². The van der Waals surface area contributed by atoms with Crippen LogP contribution in [0.4, 0.5) is 0 Å². The maximum absolute atomic E-state index is 9.91. The number of aromatic nitrogens is 3. The lowest BCUT2D eigenvalue weighted by Crippen LogP contribution is -2.01. The van der Waals surface area contributed by atoms with Gasteiger partial charge in [-0.25, -0.2) is 15.0 Å². The second kappa shape index (κ2) is 14.1. The first-order valence-corrected chi connectivity index (χ1v) is 19.6. The van der Waals surface area contributed by atoms with Gasteiger partial charge >= 0.3 is 0 Å². The zero-order chi connectivity index (χ0) is 39.3. The highest BCUT2D eigenvalue weighted by molar-refractivity contribution is 6.14. The molecule has 0 N–H and O–H groups in total. The molecule has 0 aliphatic heterocycles. The molecule has 5 nitrogen and oxygen atoms in total. The van der Waals surface area contributed by atoms with Crippen LogP contribution in [-0.2, 0) is 0 Å². The van der Waals surface area contributed by atoms with Crippen LogP contribution < -0.4 is 0 Å². The fraction of sp³-hybridized carbons (Fsp3) is 0. The van der Waals surface area contributed by atoms with E-state index in [4.69, 9.17) is 19.4 Å². The van der Waals surface area contributed by atoms with Crippen molar-refractivity contribution < 1.29 is 4.42 Å². The molecule has 0 bridgehead atoms. The van der Waals surface area contributed by atoms with E-state index in [1.165, 1.54) is 16.5 Å². The lowest BCUT2D eigenvalue weighted by atomic mass is 9.96. The maximum Gasteiger partial charge on any atom is 0.164 e. The molecule has 0 saturated heterocycles. The molecule has 0 aliphatic carbocycles. The fourth-order valence-electron chi connectivity index (χ4n) is 8.33. The summed E-state index contributed by atoms with van der Waals surface area (Å²) < 4.78 is 6.59. The van der Waals surface area contributed by atoms with Crippen molar-refractivity contribution in [3.63, 3.8) is 0 Å². The first-order chi connectivity index (χ1) is 29.2. The highest BCUT2D eigenvalue weighted by atomic mass is 16.3. The predicted molar refractivity (Wildman–Crippen MR) is 239 cm³/mol. The molecular weight excluding hydrogens is 721 g/mol. The van der Waals surface area contributed by atoms with Gasteiger partial charge in [0.15, 0.2) is 17.5 Å². The van der Waals surface area contributed by atoms with E-state index < -0.39 is 0 Å². The fourth-order valence-corrected chi connectivity index (χ4v) is 8.33. The van der Waals surface area contributed by atoms with Gasteiger partial charge in [-0.05, 0) is 91.3 Å². The van der Waals surface area contributed by atoms with E-state index in [2.05, 4.69) is 127 Å². The Morgan fingerprint density at radius 3 is 1.78 bits per heavy atom. The second-order valence-corrected chi connectivity index (χ2v) is 14.7. The van der Waals surface area contributed by atoms with E-state index in [9.17, 15) is 5.26 Å². The highest BCUT2D eigenvalue weighted by Gasteiger charge is 2.19. The van der Waals surface area contributed by atoms with Crippen LogP contribution in [0.3, 0.4) is 0 Å². The average Bonchev–Trinajstić information content (AvgIpc) is 3.70. The number of nitriles is 1. The molecule has 0 atom stereocenters. The largest absolute Gasteiger partial charge is 0.456 e. The van der Waals surface area contributed by atoms with Crippen molar-refractivity contribution in [2.24, 2.45) is 0 Å². The predicted octanol–water partition coefficient (Wildman–Crippen LogP) is 14.0. The third-order valence-corrected chi connectivity index (χ3v) is 11.2. The monoisotopic (exact) mass is 752 g/mol. The smallest absolute Gasteiger partial charge is 0.164 e. The van der Waals surface area contributed by atoms with Crippen molar-refractivity contribution in [2.75, 3.05) is 0 Å². The Bertz CT molecular complexity index is 3450. The lowest BCUT2D eigenvalue weighted by Gasteiger charge is -2.13. The standard InChI is InChI=1S/C54H32N4O/c55-33-41-15-5-6-18-42(41)37-16-10-17-39(30-37)52-56-53(58-54(57-52)48-31-38-14-4-7-19-43(38)45-20-8-9-21-46(45)48)40-28-29-47-50(32-40)59-49-23-11-22-44(51(47)49)36-26-24-35(25-27-36)34-12-2-1-3-13-34/h1-32H. The van der Waals surface area contributed by atoms with Gasteiger partial charge in [0, 0.05) is 27.5 Å². The first-order valence-electron chi connectivity index (χ1n) is 19.6. The number of benzene rings is 9. The summed E-state index contributed by atoms with van der Waals surface area (Å²) in [6.07, 6.45) is 0. The quantitative estimate of drug-likeness (QED) is 0.158. The van der Waals surface area contributed by atoms with Crippen LogP contribution in [-0.4, -0.2) is 15.0 Å². The van der Waals surface area contributed by atoms with Crippen LogP contribution in [0.1, 0.15) is 5.56 Å². The summed E-state index contributed by atoms with van der Waals surface area (Å²) in [7, 11) is 0. The SMILES string of the molecule is N#Cc1ccccc1-c1cccc(-c2nc(-c3ccc4c(c3)oc3cccc(-c5ccc(-c6ccccc6)cc5)c34)nc(-c3cc4ccccc4c4ccccc34)n2)c1. The van der Waals surface area contributed by atoms with Gasteiger partial charge in [0.1, 0.15) is 11.2 Å². The van der Waals surface area contributed by atoms with Crippen molar-refractivity contribution in [3.8, 4) is 73.6 Å². The topological polar surface area (TPSA) is 75.6 Å². The van der Waals surface area contributed by atoms with Gasteiger partial charge < -0.3 is 4.42 Å². The van der Waals surface area contributed by atoms with E-state index in [-0.39, 0.29) is 0 Å². The van der Waals surface area contributed by atoms with E-state index in [0.29, 0.717) is 23.0 Å². The molecule has 0 unspecified atom stereocenters. The van der Waals surface area contributed by atoms with Crippen LogP contribution in [0.25, 0.3) is 111 Å². The van der Waals surface area contributed by atoms with Gasteiger partial charge in [0.2, 0.25) is 0 Å². The third-order valence-electron chi connectivity index (χ3n) is 11.2. The van der Waals surface area contributed by atoms with Gasteiger partial charge in [-0.3, -0.25) is 0 Å². The summed E-state index contributed by atoms with van der Waals surface area (Å²) in [6.45, 7) is 0. The van der Waals surface area contributed by atoms with Crippen LogP contribution in [0.15, 0.2) is 199 Å².